The Bertz CT molecular complexity index is 2340. The Kier molecular flexibility index (Phi) is 9.24. The van der Waals surface area contributed by atoms with Crippen molar-refractivity contribution in [3.8, 4) is 11.5 Å². The first-order valence-electron chi connectivity index (χ1n) is 18.1. The average Bonchev–Trinajstić information content (AvgIpc) is 3.53. The lowest BCUT2D eigenvalue weighted by atomic mass is 9.56. The van der Waals surface area contributed by atoms with Gasteiger partial charge < -0.3 is 14.7 Å². The van der Waals surface area contributed by atoms with E-state index < -0.39 is 62.9 Å². The molecule has 14 heteroatoms. The maximum absolute atomic E-state index is 14.6. The lowest BCUT2D eigenvalue weighted by molar-refractivity contribution is -0.125. The van der Waals surface area contributed by atoms with Crippen molar-refractivity contribution in [2.75, 3.05) is 35.4 Å². The van der Waals surface area contributed by atoms with Crippen molar-refractivity contribution in [2.45, 2.75) is 35.4 Å². The number of carbonyl (C=O) groups is 4. The van der Waals surface area contributed by atoms with Crippen LogP contribution in [0.25, 0.3) is 0 Å². The maximum Gasteiger partial charge on any atom is 0.258 e. The third-order valence-electron chi connectivity index (χ3n) is 11.3. The Hall–Kier alpha value is -5.59. The van der Waals surface area contributed by atoms with Crippen molar-refractivity contribution in [1.82, 2.24) is 0 Å². The number of phenolic OH excluding ortho intramolecular Hbond substituents is 1. The fourth-order valence-corrected chi connectivity index (χ4v) is 9.57. The smallest absolute Gasteiger partial charge is 0.258 e. The second kappa shape index (κ2) is 13.9. The fraction of sp³-hybridized carbons (Fsp3) is 0.286. The van der Waals surface area contributed by atoms with Gasteiger partial charge in [0.2, 0.25) is 11.8 Å². The Morgan fingerprint density at radius 1 is 0.821 bits per heavy atom. The molecule has 1 saturated carbocycles. The van der Waals surface area contributed by atoms with Crippen LogP contribution in [0.3, 0.4) is 0 Å². The van der Waals surface area contributed by atoms with Crippen LogP contribution in [-0.4, -0.2) is 59.2 Å². The number of carbonyl (C=O) groups excluding carboxylic acids is 4. The Morgan fingerprint density at radius 2 is 1.43 bits per heavy atom. The summed E-state index contributed by atoms with van der Waals surface area (Å²) in [6, 6.07) is 23.6. The van der Waals surface area contributed by atoms with Crippen LogP contribution in [0, 0.1) is 23.6 Å². The van der Waals surface area contributed by atoms with Gasteiger partial charge in [-0.2, -0.15) is 10.2 Å². The number of anilines is 3. The summed E-state index contributed by atoms with van der Waals surface area (Å²) in [7, 11) is 3.89. The summed E-state index contributed by atoms with van der Waals surface area (Å²) in [4.78, 5) is 57.4. The topological polar surface area (TPSA) is 132 Å². The van der Waals surface area contributed by atoms with Crippen molar-refractivity contribution in [3.63, 3.8) is 0 Å². The number of nitrogens with zero attached hydrogens (tertiary/aromatic N) is 5. The quantitative estimate of drug-likeness (QED) is 0.0824. The molecule has 2 aliphatic carbocycles. The van der Waals surface area contributed by atoms with E-state index in [4.69, 9.17) is 27.9 Å². The standard InChI is InChI=1S/C42H36Cl2FN5O6/c1-4-56-33-7-5-6-31(36(33)51)35-29-20-21-30-34(32(29)22-41(43)39(54)50(40(55)42(35,41)44)28-14-8-23(45)9-15-28)38(53)49(37(30)52)27-18-12-25(13-19-27)47-46-24-10-16-26(17-11-24)48(2)3/h5-20,30,32,34-35,51H,4,21-22H2,1-3H3/t30-,32+,34-,35+,41+,42-/m0/s1. The van der Waals surface area contributed by atoms with Crippen molar-refractivity contribution in [2.24, 2.45) is 28.0 Å². The van der Waals surface area contributed by atoms with E-state index in [2.05, 4.69) is 10.2 Å². The number of benzene rings is 4. The lowest BCUT2D eigenvalue weighted by Crippen LogP contribution is -2.60. The predicted octanol–water partition coefficient (Wildman–Crippen LogP) is 8.18. The molecular formula is C42H36Cl2FN5O6. The number of fused-ring (bicyclic) bond motifs is 4. The van der Waals surface area contributed by atoms with Crippen LogP contribution in [-0.2, 0) is 19.2 Å². The van der Waals surface area contributed by atoms with Gasteiger partial charge in [-0.15, -0.1) is 23.2 Å². The highest BCUT2D eigenvalue weighted by molar-refractivity contribution is 6.58. The number of aromatic hydroxyl groups is 1. The molecule has 1 N–H and O–H groups in total. The average molecular weight is 797 g/mol. The van der Waals surface area contributed by atoms with E-state index in [1.807, 2.05) is 43.3 Å². The number of rotatable bonds is 8. The van der Waals surface area contributed by atoms with Gasteiger partial charge in [0.05, 0.1) is 41.2 Å². The molecule has 4 aliphatic rings. The van der Waals surface area contributed by atoms with Crippen molar-refractivity contribution in [3.05, 3.63) is 114 Å². The van der Waals surface area contributed by atoms with Crippen LogP contribution >= 0.6 is 23.2 Å². The third-order valence-corrected chi connectivity index (χ3v) is 12.7. The molecule has 0 spiro atoms. The summed E-state index contributed by atoms with van der Waals surface area (Å²) in [5.74, 6) is -7.23. The Labute approximate surface area is 332 Å². The number of hydrogen-bond donors (Lipinski definition) is 1. The number of imide groups is 2. The molecule has 0 unspecified atom stereocenters. The lowest BCUT2D eigenvalue weighted by Gasteiger charge is -2.50. The highest BCUT2D eigenvalue weighted by Crippen LogP contribution is 2.67. The zero-order valence-electron chi connectivity index (χ0n) is 30.5. The molecule has 2 saturated heterocycles. The molecule has 2 aliphatic heterocycles. The molecule has 11 nitrogen and oxygen atoms in total. The zero-order valence-corrected chi connectivity index (χ0v) is 32.0. The summed E-state index contributed by atoms with van der Waals surface area (Å²) >= 11 is 14.9. The van der Waals surface area contributed by atoms with E-state index in [0.717, 1.165) is 27.6 Å². The predicted molar refractivity (Wildman–Crippen MR) is 210 cm³/mol. The third kappa shape index (κ3) is 5.60. The molecule has 4 amide bonds. The SMILES string of the molecule is CCOc1cccc([C@H]2C3=CC[C@@H]4C(=O)N(c5ccc(N=Nc6ccc(N(C)C)cc6)cc5)C(=O)[C@@H]4[C@@H]3C[C@@]3(Cl)C(=O)N(c4ccc(F)cc4)C(=O)[C@@]23Cl)c1O. The zero-order chi connectivity index (χ0) is 39.7. The molecule has 4 aromatic carbocycles. The second-order valence-corrected chi connectivity index (χ2v) is 15.8. The second-order valence-electron chi connectivity index (χ2n) is 14.5. The summed E-state index contributed by atoms with van der Waals surface area (Å²) in [5.41, 5.74) is 3.24. The number of halogens is 3. The molecule has 3 fully saturated rings. The molecule has 6 atom stereocenters. The Balaban J connectivity index is 1.16. The van der Waals surface area contributed by atoms with Crippen LogP contribution in [0.1, 0.15) is 31.2 Å². The molecular weight excluding hydrogens is 760 g/mol. The normalized spacial score (nSPS) is 27.0. The number of ether oxygens (including phenoxy) is 1. The van der Waals surface area contributed by atoms with Gasteiger partial charge in [-0.3, -0.25) is 24.1 Å². The van der Waals surface area contributed by atoms with Gasteiger partial charge >= 0.3 is 0 Å². The minimum atomic E-state index is -2.21. The monoisotopic (exact) mass is 795 g/mol. The van der Waals surface area contributed by atoms with Crippen LogP contribution < -0.4 is 19.4 Å². The van der Waals surface area contributed by atoms with Crippen molar-refractivity contribution < 1.29 is 33.4 Å². The van der Waals surface area contributed by atoms with Gasteiger partial charge in [0, 0.05) is 31.3 Å². The first-order valence-corrected chi connectivity index (χ1v) is 18.9. The molecule has 56 heavy (non-hydrogen) atoms. The number of amides is 4. The molecule has 286 valence electrons. The van der Waals surface area contributed by atoms with Crippen LogP contribution in [0.4, 0.5) is 32.8 Å². The van der Waals surface area contributed by atoms with E-state index in [1.165, 1.54) is 12.1 Å². The van der Waals surface area contributed by atoms with E-state index in [0.29, 0.717) is 22.6 Å². The first kappa shape index (κ1) is 37.3. The van der Waals surface area contributed by atoms with Gasteiger partial charge in [0.1, 0.15) is 5.82 Å². The Morgan fingerprint density at radius 3 is 2.05 bits per heavy atom. The van der Waals surface area contributed by atoms with Crippen LogP contribution in [0.15, 0.2) is 113 Å². The molecule has 4 aromatic rings. The van der Waals surface area contributed by atoms with Crippen molar-refractivity contribution >= 4 is 75.3 Å². The number of phenols is 1. The van der Waals surface area contributed by atoms with Crippen LogP contribution in [0.2, 0.25) is 0 Å². The first-order chi connectivity index (χ1) is 26.8. The number of alkyl halides is 2. The van der Waals surface area contributed by atoms with Gasteiger partial charge in [0.15, 0.2) is 21.2 Å². The number of para-hydroxylation sites is 1. The van der Waals surface area contributed by atoms with Gasteiger partial charge in [-0.25, -0.2) is 9.29 Å². The number of hydrogen-bond acceptors (Lipinski definition) is 9. The molecule has 0 aromatic heterocycles. The van der Waals surface area contributed by atoms with E-state index >= 15 is 0 Å². The number of azo groups is 1. The molecule has 0 radical (unpaired) electrons. The minimum absolute atomic E-state index is 0.0558. The molecule has 2 heterocycles. The largest absolute Gasteiger partial charge is 0.504 e. The summed E-state index contributed by atoms with van der Waals surface area (Å²) in [5, 5.41) is 20.2. The summed E-state index contributed by atoms with van der Waals surface area (Å²) in [6.45, 7) is 1.97. The van der Waals surface area contributed by atoms with Gasteiger partial charge in [0.25, 0.3) is 11.8 Å². The van der Waals surface area contributed by atoms with Gasteiger partial charge in [-0.1, -0.05) is 23.8 Å². The molecule has 0 bridgehead atoms. The van der Waals surface area contributed by atoms with E-state index in [-0.39, 0.29) is 42.2 Å². The van der Waals surface area contributed by atoms with E-state index in [1.54, 1.807) is 55.5 Å². The highest BCUT2D eigenvalue weighted by atomic mass is 35.5. The summed E-state index contributed by atoms with van der Waals surface area (Å²) in [6.07, 6.45) is 1.65. The van der Waals surface area contributed by atoms with Crippen molar-refractivity contribution in [1.29, 1.82) is 0 Å². The maximum atomic E-state index is 14.6. The van der Waals surface area contributed by atoms with E-state index in [9.17, 15) is 28.7 Å². The van der Waals surface area contributed by atoms with Gasteiger partial charge in [-0.05, 0) is 105 Å². The summed E-state index contributed by atoms with van der Waals surface area (Å²) < 4.78 is 19.7. The fourth-order valence-electron chi connectivity index (χ4n) is 8.64. The molecule has 8 rings (SSSR count). The van der Waals surface area contributed by atoms with Crippen LogP contribution in [0.5, 0.6) is 11.5 Å². The highest BCUT2D eigenvalue weighted by Gasteiger charge is 2.77. The minimum Gasteiger partial charge on any atom is -0.504 e. The number of allylic oxidation sites excluding steroid dienone is 2.